The van der Waals surface area contributed by atoms with Gasteiger partial charge in [-0.05, 0) is 11.6 Å². The quantitative estimate of drug-likeness (QED) is 0.393. The van der Waals surface area contributed by atoms with Gasteiger partial charge in [-0.1, -0.05) is 0 Å². The smallest absolute Gasteiger partial charge is 0.324 e. The van der Waals surface area contributed by atoms with Gasteiger partial charge in [-0.25, -0.2) is 0 Å². The molecular formula is C7H6ClF3N2O3. The summed E-state index contributed by atoms with van der Waals surface area (Å²) in [6, 6.07) is 0. The van der Waals surface area contributed by atoms with Gasteiger partial charge in [-0.3, -0.25) is 19.3 Å². The van der Waals surface area contributed by atoms with Crippen LogP contribution in [0.2, 0.25) is 0 Å². The number of carbonyl (C=O) groups is 3. The minimum Gasteiger partial charge on any atom is -0.324 e. The van der Waals surface area contributed by atoms with E-state index in [1.807, 2.05) is 0 Å². The minimum absolute atomic E-state index is 0.330. The zero-order chi connectivity index (χ0) is 12.5. The Morgan fingerprint density at radius 1 is 1.25 bits per heavy atom. The molecule has 0 bridgehead atoms. The number of piperazine rings is 1. The topological polar surface area (TPSA) is 57.7 Å². The number of alkyl halides is 3. The number of hydrogen-bond acceptors (Lipinski definition) is 3. The molecule has 0 aliphatic carbocycles. The highest BCUT2D eigenvalue weighted by atomic mass is 35.5. The third-order valence-corrected chi connectivity index (χ3v) is 2.10. The molecule has 16 heavy (non-hydrogen) atoms. The zero-order valence-electron chi connectivity index (χ0n) is 7.75. The van der Waals surface area contributed by atoms with Crippen molar-refractivity contribution in [3.63, 3.8) is 0 Å². The van der Waals surface area contributed by atoms with Gasteiger partial charge < -0.3 is 4.90 Å². The number of nitrogens with zero attached hydrogens (tertiary/aromatic N) is 2. The zero-order valence-corrected chi connectivity index (χ0v) is 8.51. The van der Waals surface area contributed by atoms with Crippen LogP contribution in [0.4, 0.5) is 18.0 Å². The summed E-state index contributed by atoms with van der Waals surface area (Å²) in [7, 11) is 0. The molecule has 0 aromatic heterocycles. The molecule has 1 aliphatic heterocycles. The van der Waals surface area contributed by atoms with E-state index >= 15 is 0 Å². The van der Waals surface area contributed by atoms with E-state index in [9.17, 15) is 27.6 Å². The Kier molecular flexibility index (Phi) is 3.41. The Morgan fingerprint density at radius 2 is 1.81 bits per heavy atom. The molecule has 0 atom stereocenters. The second kappa shape index (κ2) is 4.28. The highest BCUT2D eigenvalue weighted by Gasteiger charge is 2.40. The molecule has 0 spiro atoms. The van der Waals surface area contributed by atoms with E-state index < -0.39 is 29.9 Å². The molecular weight excluding hydrogens is 253 g/mol. The predicted octanol–water partition coefficient (Wildman–Crippen LogP) is 0.578. The van der Waals surface area contributed by atoms with E-state index in [2.05, 4.69) is 0 Å². The fourth-order valence-electron chi connectivity index (χ4n) is 1.21. The Hall–Kier alpha value is -1.31. The maximum Gasteiger partial charge on any atom is 0.406 e. The maximum absolute atomic E-state index is 12.0. The molecule has 1 fully saturated rings. The lowest BCUT2D eigenvalue weighted by molar-refractivity contribution is -0.170. The van der Waals surface area contributed by atoms with Gasteiger partial charge >= 0.3 is 23.4 Å². The predicted molar refractivity (Wildman–Crippen MR) is 45.6 cm³/mol. The summed E-state index contributed by atoms with van der Waals surface area (Å²) in [6.07, 6.45) is -4.58. The molecule has 1 rings (SSSR count). The van der Waals surface area contributed by atoms with Crippen molar-refractivity contribution in [2.75, 3.05) is 19.6 Å². The molecule has 0 unspecified atom stereocenters. The van der Waals surface area contributed by atoms with Gasteiger partial charge in [0.25, 0.3) is 0 Å². The van der Waals surface area contributed by atoms with Crippen LogP contribution in [0.15, 0.2) is 0 Å². The first-order valence-corrected chi connectivity index (χ1v) is 4.47. The normalized spacial score (nSPS) is 18.0. The van der Waals surface area contributed by atoms with Crippen molar-refractivity contribution in [3.8, 4) is 0 Å². The van der Waals surface area contributed by atoms with Crippen molar-refractivity contribution in [3.05, 3.63) is 0 Å². The first-order valence-electron chi connectivity index (χ1n) is 4.09. The van der Waals surface area contributed by atoms with Crippen LogP contribution >= 0.6 is 11.6 Å². The van der Waals surface area contributed by atoms with Crippen molar-refractivity contribution < 1.29 is 27.6 Å². The van der Waals surface area contributed by atoms with Gasteiger partial charge in [-0.15, -0.1) is 0 Å². The van der Waals surface area contributed by atoms with Crippen LogP contribution in [0.1, 0.15) is 0 Å². The van der Waals surface area contributed by atoms with E-state index in [1.54, 1.807) is 0 Å². The molecule has 0 aromatic carbocycles. The number of amides is 3. The standard InChI is InChI=1S/C7H6ClF3N2O3/c8-6(16)13-2-1-12(3-7(9,10)11)4(14)5(13)15/h1-3H2. The summed E-state index contributed by atoms with van der Waals surface area (Å²) in [5, 5.41) is -1.18. The van der Waals surface area contributed by atoms with Gasteiger partial charge in [0.1, 0.15) is 6.54 Å². The lowest BCUT2D eigenvalue weighted by Crippen LogP contribution is -2.56. The summed E-state index contributed by atoms with van der Waals surface area (Å²) >= 11 is 4.97. The summed E-state index contributed by atoms with van der Waals surface area (Å²) in [5.74, 6) is -2.71. The van der Waals surface area contributed by atoms with Crippen LogP contribution < -0.4 is 0 Å². The van der Waals surface area contributed by atoms with Gasteiger partial charge in [0.15, 0.2) is 0 Å². The molecule has 1 aliphatic rings. The number of rotatable bonds is 1. The van der Waals surface area contributed by atoms with Crippen molar-refractivity contribution in [1.29, 1.82) is 0 Å². The van der Waals surface area contributed by atoms with E-state index in [4.69, 9.17) is 11.6 Å². The SMILES string of the molecule is O=C1C(=O)N(C(=O)Cl)CCN1CC(F)(F)F. The average Bonchev–Trinajstić information content (AvgIpc) is 2.10. The molecule has 1 heterocycles. The summed E-state index contributed by atoms with van der Waals surface area (Å²) in [5.41, 5.74) is 0. The molecule has 5 nitrogen and oxygen atoms in total. The number of imide groups is 1. The lowest BCUT2D eigenvalue weighted by atomic mass is 10.3. The Bertz CT molecular complexity index is 344. The van der Waals surface area contributed by atoms with E-state index in [-0.39, 0.29) is 13.1 Å². The highest BCUT2D eigenvalue weighted by molar-refractivity contribution is 6.65. The van der Waals surface area contributed by atoms with Gasteiger partial charge in [0.05, 0.1) is 0 Å². The number of halogens is 4. The molecule has 0 N–H and O–H groups in total. The van der Waals surface area contributed by atoms with Crippen LogP contribution in [-0.4, -0.2) is 52.8 Å². The average molecular weight is 259 g/mol. The summed E-state index contributed by atoms with van der Waals surface area (Å²) < 4.78 is 36.0. The third-order valence-electron chi connectivity index (χ3n) is 1.89. The molecule has 90 valence electrons. The second-order valence-corrected chi connectivity index (χ2v) is 3.37. The van der Waals surface area contributed by atoms with Crippen LogP contribution in [0.3, 0.4) is 0 Å². The number of hydrogen-bond donors (Lipinski definition) is 0. The van der Waals surface area contributed by atoms with Crippen LogP contribution in [0, 0.1) is 0 Å². The van der Waals surface area contributed by atoms with Crippen molar-refractivity contribution in [1.82, 2.24) is 9.80 Å². The Balaban J connectivity index is 2.73. The van der Waals surface area contributed by atoms with Gasteiger partial charge in [0.2, 0.25) is 0 Å². The lowest BCUT2D eigenvalue weighted by Gasteiger charge is -2.31. The fraction of sp³-hybridized carbons (Fsp3) is 0.571. The second-order valence-electron chi connectivity index (χ2n) is 3.05. The molecule has 9 heteroatoms. The molecule has 3 amide bonds. The molecule has 1 saturated heterocycles. The van der Waals surface area contributed by atoms with Gasteiger partial charge in [-0.2, -0.15) is 13.2 Å². The van der Waals surface area contributed by atoms with Crippen molar-refractivity contribution in [2.45, 2.75) is 6.18 Å². The number of carbonyl (C=O) groups excluding carboxylic acids is 3. The first kappa shape index (κ1) is 12.8. The minimum atomic E-state index is -4.58. The largest absolute Gasteiger partial charge is 0.406 e. The van der Waals surface area contributed by atoms with Crippen LogP contribution in [0.5, 0.6) is 0 Å². The first-order chi connectivity index (χ1) is 7.22. The monoisotopic (exact) mass is 258 g/mol. The van der Waals surface area contributed by atoms with Crippen molar-refractivity contribution >= 4 is 28.8 Å². The van der Waals surface area contributed by atoms with Gasteiger partial charge in [0, 0.05) is 13.1 Å². The fourth-order valence-corrected chi connectivity index (χ4v) is 1.37. The van der Waals surface area contributed by atoms with E-state index in [0.29, 0.717) is 9.80 Å². The highest BCUT2D eigenvalue weighted by Crippen LogP contribution is 2.18. The summed E-state index contributed by atoms with van der Waals surface area (Å²) in [4.78, 5) is 33.6. The Labute approximate surface area is 92.7 Å². The van der Waals surface area contributed by atoms with Crippen molar-refractivity contribution in [2.24, 2.45) is 0 Å². The third kappa shape index (κ3) is 2.84. The molecule has 0 radical (unpaired) electrons. The van der Waals surface area contributed by atoms with E-state index in [1.165, 1.54) is 0 Å². The van der Waals surface area contributed by atoms with Crippen LogP contribution in [-0.2, 0) is 9.59 Å². The molecule has 0 aromatic rings. The maximum atomic E-state index is 12.0. The van der Waals surface area contributed by atoms with Crippen LogP contribution in [0.25, 0.3) is 0 Å². The molecule has 0 saturated carbocycles. The van der Waals surface area contributed by atoms with E-state index in [0.717, 1.165) is 0 Å². The Morgan fingerprint density at radius 3 is 2.25 bits per heavy atom. The summed E-state index contributed by atoms with van der Waals surface area (Å²) in [6.45, 7) is -2.21.